The molecule has 0 aromatic carbocycles. The number of anilines is 1. The Morgan fingerprint density at radius 2 is 2.00 bits per heavy atom. The Kier molecular flexibility index (Phi) is 1.48. The maximum absolute atomic E-state index is 5.36. The Morgan fingerprint density at radius 1 is 1.25 bits per heavy atom. The first-order chi connectivity index (χ1) is 5.86. The van der Waals surface area contributed by atoms with Crippen LogP contribution in [0.5, 0.6) is 0 Å². The summed E-state index contributed by atoms with van der Waals surface area (Å²) >= 11 is 0. The van der Waals surface area contributed by atoms with E-state index in [-0.39, 0.29) is 0 Å². The van der Waals surface area contributed by atoms with E-state index in [1.54, 1.807) is 24.5 Å². The first-order valence-corrected chi connectivity index (χ1v) is 3.36. The summed E-state index contributed by atoms with van der Waals surface area (Å²) in [5, 5.41) is 3.52. The molecule has 2 rings (SSSR count). The van der Waals surface area contributed by atoms with Crippen LogP contribution in [0.25, 0.3) is 11.6 Å². The Balaban J connectivity index is 2.45. The van der Waals surface area contributed by atoms with E-state index in [0.29, 0.717) is 17.4 Å². The lowest BCUT2D eigenvalue weighted by Crippen LogP contribution is -1.83. The third-order valence-electron chi connectivity index (χ3n) is 1.31. The quantitative estimate of drug-likeness (QED) is 0.668. The summed E-state index contributed by atoms with van der Waals surface area (Å²) in [6.45, 7) is 0. The summed E-state index contributed by atoms with van der Waals surface area (Å²) < 4.78 is 4.85. The highest BCUT2D eigenvalue weighted by atomic mass is 16.5. The minimum absolute atomic E-state index is 0.331. The zero-order chi connectivity index (χ0) is 8.39. The molecule has 0 saturated heterocycles. The Labute approximate surface area is 68.2 Å². The van der Waals surface area contributed by atoms with Crippen LogP contribution in [0, 0.1) is 0 Å². The zero-order valence-electron chi connectivity index (χ0n) is 6.14. The maximum atomic E-state index is 5.36. The molecule has 0 amide bonds. The molecular formula is C7H6N4O. The molecule has 0 aliphatic carbocycles. The van der Waals surface area contributed by atoms with E-state index in [2.05, 4.69) is 15.1 Å². The second-order valence-corrected chi connectivity index (χ2v) is 2.19. The van der Waals surface area contributed by atoms with Crippen LogP contribution >= 0.6 is 0 Å². The third-order valence-corrected chi connectivity index (χ3v) is 1.31. The SMILES string of the molecule is Nc1cc(-c2ncccn2)on1. The summed E-state index contributed by atoms with van der Waals surface area (Å²) in [7, 11) is 0. The minimum atomic E-state index is 0.331. The normalized spacial score (nSPS) is 10.0. The van der Waals surface area contributed by atoms with Gasteiger partial charge in [0.25, 0.3) is 0 Å². The van der Waals surface area contributed by atoms with Crippen LogP contribution in [-0.4, -0.2) is 15.1 Å². The van der Waals surface area contributed by atoms with Crippen molar-refractivity contribution in [1.29, 1.82) is 0 Å². The van der Waals surface area contributed by atoms with Gasteiger partial charge in [-0.05, 0) is 6.07 Å². The van der Waals surface area contributed by atoms with Crippen LogP contribution in [0.3, 0.4) is 0 Å². The van der Waals surface area contributed by atoms with Crippen molar-refractivity contribution in [2.45, 2.75) is 0 Å². The molecular weight excluding hydrogens is 156 g/mol. The Hall–Kier alpha value is -1.91. The van der Waals surface area contributed by atoms with Crippen molar-refractivity contribution in [1.82, 2.24) is 15.1 Å². The molecule has 5 heteroatoms. The number of hydrogen-bond acceptors (Lipinski definition) is 5. The van der Waals surface area contributed by atoms with Gasteiger partial charge < -0.3 is 10.3 Å². The molecule has 0 radical (unpaired) electrons. The van der Waals surface area contributed by atoms with E-state index in [4.69, 9.17) is 10.3 Å². The molecule has 2 heterocycles. The van der Waals surface area contributed by atoms with Crippen molar-refractivity contribution < 1.29 is 4.52 Å². The van der Waals surface area contributed by atoms with E-state index < -0.39 is 0 Å². The smallest absolute Gasteiger partial charge is 0.206 e. The number of nitrogens with two attached hydrogens (primary N) is 1. The van der Waals surface area contributed by atoms with Gasteiger partial charge in [0.15, 0.2) is 11.6 Å². The second kappa shape index (κ2) is 2.61. The Morgan fingerprint density at radius 3 is 2.58 bits per heavy atom. The number of nitrogens with zero attached hydrogens (tertiary/aromatic N) is 3. The number of aromatic nitrogens is 3. The molecule has 2 aromatic heterocycles. The lowest BCUT2D eigenvalue weighted by molar-refractivity contribution is 0.433. The van der Waals surface area contributed by atoms with Crippen molar-refractivity contribution in [3.8, 4) is 11.6 Å². The molecule has 0 spiro atoms. The average molecular weight is 162 g/mol. The number of rotatable bonds is 1. The summed E-state index contributed by atoms with van der Waals surface area (Å²) in [4.78, 5) is 7.92. The predicted molar refractivity (Wildman–Crippen MR) is 41.9 cm³/mol. The van der Waals surface area contributed by atoms with E-state index in [1.165, 1.54) is 0 Å². The van der Waals surface area contributed by atoms with Gasteiger partial charge in [0.05, 0.1) is 0 Å². The fraction of sp³-hybridized carbons (Fsp3) is 0. The maximum Gasteiger partial charge on any atom is 0.206 e. The van der Waals surface area contributed by atoms with Gasteiger partial charge in [-0.3, -0.25) is 0 Å². The molecule has 0 aliphatic rings. The molecule has 2 aromatic rings. The largest absolute Gasteiger partial charge is 0.381 e. The van der Waals surface area contributed by atoms with Crippen molar-refractivity contribution >= 4 is 5.82 Å². The lowest BCUT2D eigenvalue weighted by Gasteiger charge is -1.88. The van der Waals surface area contributed by atoms with E-state index in [0.717, 1.165) is 0 Å². The molecule has 0 aliphatic heterocycles. The molecule has 0 fully saturated rings. The molecule has 0 bridgehead atoms. The van der Waals surface area contributed by atoms with Gasteiger partial charge in [0.1, 0.15) is 0 Å². The van der Waals surface area contributed by atoms with E-state index in [1.807, 2.05) is 0 Å². The lowest BCUT2D eigenvalue weighted by atomic mass is 10.4. The van der Waals surface area contributed by atoms with E-state index in [9.17, 15) is 0 Å². The van der Waals surface area contributed by atoms with Crippen molar-refractivity contribution in [3.63, 3.8) is 0 Å². The first kappa shape index (κ1) is 6.78. The topological polar surface area (TPSA) is 77.8 Å². The molecule has 0 saturated carbocycles. The van der Waals surface area contributed by atoms with E-state index >= 15 is 0 Å². The molecule has 60 valence electrons. The first-order valence-electron chi connectivity index (χ1n) is 3.36. The fourth-order valence-electron chi connectivity index (χ4n) is 0.821. The molecule has 0 unspecified atom stereocenters. The van der Waals surface area contributed by atoms with Crippen LogP contribution in [0.2, 0.25) is 0 Å². The summed E-state index contributed by atoms with van der Waals surface area (Å²) in [6, 6.07) is 3.30. The van der Waals surface area contributed by atoms with Crippen LogP contribution in [0.15, 0.2) is 29.0 Å². The zero-order valence-corrected chi connectivity index (χ0v) is 6.14. The van der Waals surface area contributed by atoms with Crippen molar-refractivity contribution in [2.75, 3.05) is 5.73 Å². The van der Waals surface area contributed by atoms with Crippen LogP contribution in [0.4, 0.5) is 5.82 Å². The Bertz CT molecular complexity index is 370. The third kappa shape index (κ3) is 1.12. The van der Waals surface area contributed by atoms with Gasteiger partial charge in [0.2, 0.25) is 5.76 Å². The van der Waals surface area contributed by atoms with Gasteiger partial charge in [-0.25, -0.2) is 9.97 Å². The van der Waals surface area contributed by atoms with Crippen LogP contribution < -0.4 is 5.73 Å². The average Bonchev–Trinajstić information content (AvgIpc) is 2.54. The summed E-state index contributed by atoms with van der Waals surface area (Å²) in [5.41, 5.74) is 5.36. The van der Waals surface area contributed by atoms with Crippen LogP contribution in [0.1, 0.15) is 0 Å². The highest BCUT2D eigenvalue weighted by Gasteiger charge is 2.05. The highest BCUT2D eigenvalue weighted by molar-refractivity contribution is 5.50. The van der Waals surface area contributed by atoms with Gasteiger partial charge in [-0.2, -0.15) is 0 Å². The molecule has 12 heavy (non-hydrogen) atoms. The van der Waals surface area contributed by atoms with Crippen LogP contribution in [-0.2, 0) is 0 Å². The summed E-state index contributed by atoms with van der Waals surface area (Å²) in [5.74, 6) is 1.30. The van der Waals surface area contributed by atoms with Crippen molar-refractivity contribution in [3.05, 3.63) is 24.5 Å². The standard InChI is InChI=1S/C7H6N4O/c8-6-4-5(12-11-6)7-9-2-1-3-10-7/h1-4H,(H2,8,11). The molecule has 5 nitrogen and oxygen atoms in total. The number of hydrogen-bond donors (Lipinski definition) is 1. The van der Waals surface area contributed by atoms with Gasteiger partial charge in [0, 0.05) is 18.5 Å². The molecule has 0 atom stereocenters. The number of nitrogen functional groups attached to an aromatic ring is 1. The predicted octanol–water partition coefficient (Wildman–Crippen LogP) is 0.714. The monoisotopic (exact) mass is 162 g/mol. The van der Waals surface area contributed by atoms with Crippen molar-refractivity contribution in [2.24, 2.45) is 0 Å². The summed E-state index contributed by atoms with van der Waals surface area (Å²) in [6.07, 6.45) is 3.25. The fourth-order valence-corrected chi connectivity index (χ4v) is 0.821. The second-order valence-electron chi connectivity index (χ2n) is 2.19. The minimum Gasteiger partial charge on any atom is -0.381 e. The highest BCUT2D eigenvalue weighted by Crippen LogP contribution is 2.15. The molecule has 2 N–H and O–H groups in total. The van der Waals surface area contributed by atoms with Gasteiger partial charge in [-0.15, -0.1) is 0 Å². The van der Waals surface area contributed by atoms with Gasteiger partial charge in [-0.1, -0.05) is 5.16 Å². The van der Waals surface area contributed by atoms with Gasteiger partial charge >= 0.3 is 0 Å².